The SMILES string of the molecule is CN(C)CCCN1CCn2c(c(C3CCCCC3)c3ccc(C(=O)O)cc32)-c2ccc(Cl)cc21. The van der Waals surface area contributed by atoms with Crippen LogP contribution in [0.1, 0.15) is 60.4 Å². The number of fused-ring (bicyclic) bond motifs is 5. The number of hydrogen-bond donors (Lipinski definition) is 1. The van der Waals surface area contributed by atoms with Crippen LogP contribution in [0.2, 0.25) is 5.02 Å². The summed E-state index contributed by atoms with van der Waals surface area (Å²) >= 11 is 6.52. The Bertz CT molecular complexity index is 1210. The molecule has 1 N–H and O–H groups in total. The van der Waals surface area contributed by atoms with Crippen LogP contribution in [-0.4, -0.2) is 54.3 Å². The maximum atomic E-state index is 11.8. The first kappa shape index (κ1) is 23.3. The summed E-state index contributed by atoms with van der Waals surface area (Å²) in [6.07, 6.45) is 7.29. The summed E-state index contributed by atoms with van der Waals surface area (Å²) in [5.41, 5.74) is 6.50. The molecule has 1 aromatic heterocycles. The fourth-order valence-corrected chi connectivity index (χ4v) is 6.12. The van der Waals surface area contributed by atoms with Gasteiger partial charge in [-0.3, -0.25) is 0 Å². The Morgan fingerprint density at radius 2 is 1.88 bits per heavy atom. The minimum Gasteiger partial charge on any atom is -0.478 e. The van der Waals surface area contributed by atoms with Gasteiger partial charge in [0.05, 0.1) is 11.3 Å². The molecule has 5 nitrogen and oxygen atoms in total. The van der Waals surface area contributed by atoms with Crippen molar-refractivity contribution in [3.8, 4) is 11.3 Å². The lowest BCUT2D eigenvalue weighted by Gasteiger charge is -2.27. The zero-order valence-electron chi connectivity index (χ0n) is 20.2. The highest BCUT2D eigenvalue weighted by Crippen LogP contribution is 2.47. The Balaban J connectivity index is 1.71. The Hall–Kier alpha value is -2.50. The van der Waals surface area contributed by atoms with E-state index in [4.69, 9.17) is 11.6 Å². The molecule has 6 heteroatoms. The molecule has 0 saturated heterocycles. The van der Waals surface area contributed by atoms with Gasteiger partial charge in [-0.25, -0.2) is 4.79 Å². The Kier molecular flexibility index (Phi) is 6.59. The molecule has 0 spiro atoms. The number of carboxylic acids is 1. The van der Waals surface area contributed by atoms with Gasteiger partial charge in [-0.1, -0.05) is 36.9 Å². The summed E-state index contributed by atoms with van der Waals surface area (Å²) in [7, 11) is 4.23. The lowest BCUT2D eigenvalue weighted by molar-refractivity contribution is 0.0697. The molecule has 1 aliphatic heterocycles. The van der Waals surface area contributed by atoms with Gasteiger partial charge in [0.2, 0.25) is 0 Å². The minimum absolute atomic E-state index is 0.353. The maximum Gasteiger partial charge on any atom is 0.335 e. The second-order valence-electron chi connectivity index (χ2n) is 10.1. The molecule has 2 aliphatic rings. The lowest BCUT2D eigenvalue weighted by atomic mass is 9.81. The molecule has 2 aromatic carbocycles. The molecule has 2 heterocycles. The van der Waals surface area contributed by atoms with Crippen LogP contribution < -0.4 is 4.90 Å². The van der Waals surface area contributed by atoms with E-state index < -0.39 is 5.97 Å². The molecule has 0 amide bonds. The molecule has 3 aromatic rings. The van der Waals surface area contributed by atoms with Crippen molar-refractivity contribution in [2.75, 3.05) is 38.6 Å². The van der Waals surface area contributed by atoms with Crippen LogP contribution >= 0.6 is 11.6 Å². The summed E-state index contributed by atoms with van der Waals surface area (Å²) in [6.45, 7) is 3.71. The Morgan fingerprint density at radius 3 is 2.62 bits per heavy atom. The number of halogens is 1. The van der Waals surface area contributed by atoms with Gasteiger partial charge in [0.15, 0.2) is 0 Å². The fourth-order valence-electron chi connectivity index (χ4n) is 5.95. The summed E-state index contributed by atoms with van der Waals surface area (Å²) < 4.78 is 2.39. The molecule has 1 saturated carbocycles. The van der Waals surface area contributed by atoms with Gasteiger partial charge in [-0.2, -0.15) is 0 Å². The average molecular weight is 480 g/mol. The molecule has 1 aliphatic carbocycles. The van der Waals surface area contributed by atoms with Crippen molar-refractivity contribution in [1.82, 2.24) is 9.47 Å². The first-order chi connectivity index (χ1) is 16.4. The summed E-state index contributed by atoms with van der Waals surface area (Å²) in [5, 5.41) is 11.7. The summed E-state index contributed by atoms with van der Waals surface area (Å²) in [5.74, 6) is -0.366. The molecule has 0 radical (unpaired) electrons. The zero-order chi connectivity index (χ0) is 23.8. The van der Waals surface area contributed by atoms with Crippen LogP contribution in [0.15, 0.2) is 36.4 Å². The Labute approximate surface area is 206 Å². The predicted octanol–water partition coefficient (Wildman–Crippen LogP) is 6.48. The van der Waals surface area contributed by atoms with Crippen molar-refractivity contribution in [3.63, 3.8) is 0 Å². The van der Waals surface area contributed by atoms with Crippen molar-refractivity contribution >= 4 is 34.2 Å². The molecular formula is C28H34ClN3O2. The van der Waals surface area contributed by atoms with Crippen molar-refractivity contribution in [2.45, 2.75) is 51.0 Å². The van der Waals surface area contributed by atoms with Crippen LogP contribution in [0.3, 0.4) is 0 Å². The number of anilines is 1. The molecule has 180 valence electrons. The van der Waals surface area contributed by atoms with E-state index in [9.17, 15) is 9.90 Å². The van der Waals surface area contributed by atoms with Gasteiger partial charge in [0.1, 0.15) is 0 Å². The van der Waals surface area contributed by atoms with Gasteiger partial charge in [-0.15, -0.1) is 0 Å². The van der Waals surface area contributed by atoms with Gasteiger partial charge < -0.3 is 19.5 Å². The third-order valence-corrected chi connectivity index (χ3v) is 7.78. The van der Waals surface area contributed by atoms with Crippen LogP contribution in [0.4, 0.5) is 5.69 Å². The van der Waals surface area contributed by atoms with Gasteiger partial charge in [-0.05, 0) is 81.7 Å². The van der Waals surface area contributed by atoms with Crippen molar-refractivity contribution in [3.05, 3.63) is 52.5 Å². The number of carboxylic acid groups (broad SMARTS) is 1. The molecular weight excluding hydrogens is 446 g/mol. The second kappa shape index (κ2) is 9.63. The van der Waals surface area contributed by atoms with Crippen molar-refractivity contribution in [2.24, 2.45) is 0 Å². The third kappa shape index (κ3) is 4.32. The van der Waals surface area contributed by atoms with Crippen LogP contribution in [-0.2, 0) is 6.54 Å². The quantitative estimate of drug-likeness (QED) is 0.439. The van der Waals surface area contributed by atoms with Gasteiger partial charge in [0.25, 0.3) is 0 Å². The predicted molar refractivity (Wildman–Crippen MR) is 141 cm³/mol. The third-order valence-electron chi connectivity index (χ3n) is 7.55. The molecule has 0 bridgehead atoms. The largest absolute Gasteiger partial charge is 0.478 e. The van der Waals surface area contributed by atoms with E-state index in [1.165, 1.54) is 60.0 Å². The Morgan fingerprint density at radius 1 is 1.09 bits per heavy atom. The number of hydrogen-bond acceptors (Lipinski definition) is 3. The first-order valence-electron chi connectivity index (χ1n) is 12.5. The fraction of sp³-hybridized carbons (Fsp3) is 0.464. The van der Waals surface area contributed by atoms with Crippen LogP contribution in [0, 0.1) is 0 Å². The van der Waals surface area contributed by atoms with Crippen LogP contribution in [0.5, 0.6) is 0 Å². The summed E-state index contributed by atoms with van der Waals surface area (Å²) in [6, 6.07) is 12.0. The average Bonchev–Trinajstić information content (AvgIpc) is 3.06. The van der Waals surface area contributed by atoms with Crippen LogP contribution in [0.25, 0.3) is 22.2 Å². The first-order valence-corrected chi connectivity index (χ1v) is 12.9. The minimum atomic E-state index is -0.872. The summed E-state index contributed by atoms with van der Waals surface area (Å²) in [4.78, 5) is 16.5. The van der Waals surface area contributed by atoms with E-state index in [-0.39, 0.29) is 0 Å². The molecule has 5 rings (SSSR count). The van der Waals surface area contributed by atoms with E-state index in [2.05, 4.69) is 46.7 Å². The number of benzene rings is 2. The van der Waals surface area contributed by atoms with E-state index in [0.717, 1.165) is 43.1 Å². The number of carbonyl (C=O) groups is 1. The lowest BCUT2D eigenvalue weighted by Crippen LogP contribution is -2.29. The normalized spacial score (nSPS) is 16.5. The van der Waals surface area contributed by atoms with Gasteiger partial charge >= 0.3 is 5.97 Å². The molecule has 1 fully saturated rings. The van der Waals surface area contributed by atoms with E-state index >= 15 is 0 Å². The number of nitrogens with zero attached hydrogens (tertiary/aromatic N) is 3. The highest BCUT2D eigenvalue weighted by molar-refractivity contribution is 6.31. The second-order valence-corrected chi connectivity index (χ2v) is 10.5. The molecule has 0 unspecified atom stereocenters. The topological polar surface area (TPSA) is 48.7 Å². The number of aromatic carboxylic acids is 1. The van der Waals surface area contributed by atoms with Crippen molar-refractivity contribution in [1.29, 1.82) is 0 Å². The van der Waals surface area contributed by atoms with Gasteiger partial charge in [0, 0.05) is 46.8 Å². The molecule has 34 heavy (non-hydrogen) atoms. The highest BCUT2D eigenvalue weighted by atomic mass is 35.5. The standard InChI is InChI=1S/C28H34ClN3O2/c1-30(2)13-6-14-31-15-16-32-25-17-20(28(33)34)9-11-22(25)26(19-7-4-3-5-8-19)27(32)23-12-10-21(29)18-24(23)31/h9-12,17-19H,3-8,13-16H2,1-2H3,(H,33,34). The highest BCUT2D eigenvalue weighted by Gasteiger charge is 2.30. The maximum absolute atomic E-state index is 11.8. The monoisotopic (exact) mass is 479 g/mol. The van der Waals surface area contributed by atoms with E-state index in [1.807, 2.05) is 12.1 Å². The number of aromatic nitrogens is 1. The van der Waals surface area contributed by atoms with E-state index in [0.29, 0.717) is 11.5 Å². The zero-order valence-corrected chi connectivity index (χ0v) is 20.9. The number of rotatable bonds is 6. The van der Waals surface area contributed by atoms with E-state index in [1.54, 1.807) is 6.07 Å². The molecule has 0 atom stereocenters. The van der Waals surface area contributed by atoms with Crippen molar-refractivity contribution < 1.29 is 9.90 Å². The smallest absolute Gasteiger partial charge is 0.335 e.